The van der Waals surface area contributed by atoms with Gasteiger partial charge < -0.3 is 4.74 Å². The lowest BCUT2D eigenvalue weighted by atomic mass is 9.94. The van der Waals surface area contributed by atoms with Crippen molar-refractivity contribution in [2.45, 2.75) is 9.79 Å². The summed E-state index contributed by atoms with van der Waals surface area (Å²) < 4.78 is 5.54. The quantitative estimate of drug-likeness (QED) is 0.488. The first-order valence-corrected chi connectivity index (χ1v) is 8.06. The van der Waals surface area contributed by atoms with Crippen molar-refractivity contribution in [1.29, 1.82) is 0 Å². The third kappa shape index (κ3) is 2.20. The molecule has 0 atom stereocenters. The molecule has 0 bridgehead atoms. The predicted octanol–water partition coefficient (Wildman–Crippen LogP) is 5.43. The van der Waals surface area contributed by atoms with Gasteiger partial charge in [0.25, 0.3) is 0 Å². The molecule has 0 N–H and O–H groups in total. The van der Waals surface area contributed by atoms with Crippen LogP contribution in [-0.2, 0) is 0 Å². The first-order chi connectivity index (χ1) is 10.9. The van der Waals surface area contributed by atoms with Crippen molar-refractivity contribution >= 4 is 11.8 Å². The zero-order valence-corrected chi connectivity index (χ0v) is 13.1. The number of methoxy groups -OCH3 is 1. The van der Waals surface area contributed by atoms with Crippen LogP contribution in [0.15, 0.2) is 76.5 Å². The van der Waals surface area contributed by atoms with Gasteiger partial charge in [-0.15, -0.1) is 0 Å². The summed E-state index contributed by atoms with van der Waals surface area (Å²) in [5, 5.41) is 0. The Kier molecular flexibility index (Phi) is 3.39. The van der Waals surface area contributed by atoms with Crippen molar-refractivity contribution in [3.63, 3.8) is 0 Å². The fraction of sp³-hybridized carbons (Fsp3) is 0.0500. The molecule has 1 aliphatic heterocycles. The molecular formula is C20H15OS. The van der Waals surface area contributed by atoms with Gasteiger partial charge in [0.2, 0.25) is 0 Å². The first-order valence-electron chi connectivity index (χ1n) is 7.25. The Labute approximate surface area is 135 Å². The van der Waals surface area contributed by atoms with Gasteiger partial charge in [0.1, 0.15) is 5.75 Å². The lowest BCUT2D eigenvalue weighted by molar-refractivity contribution is 0.416. The molecule has 0 fully saturated rings. The zero-order chi connectivity index (χ0) is 14.9. The molecule has 0 saturated heterocycles. The second kappa shape index (κ2) is 5.54. The normalized spacial score (nSPS) is 12.4. The van der Waals surface area contributed by atoms with E-state index in [1.165, 1.54) is 26.5 Å². The van der Waals surface area contributed by atoms with Crippen LogP contribution in [-0.4, -0.2) is 7.11 Å². The van der Waals surface area contributed by atoms with E-state index in [2.05, 4.69) is 61.0 Å². The third-order valence-corrected chi connectivity index (χ3v) is 5.07. The first kappa shape index (κ1) is 13.5. The molecule has 3 aromatic rings. The number of para-hydroxylation sites is 1. The maximum atomic E-state index is 5.54. The summed E-state index contributed by atoms with van der Waals surface area (Å²) in [4.78, 5) is 2.61. The molecule has 0 aromatic heterocycles. The maximum Gasteiger partial charge on any atom is 0.126 e. The summed E-state index contributed by atoms with van der Waals surface area (Å²) in [6, 6.07) is 23.2. The molecule has 0 unspecified atom stereocenters. The van der Waals surface area contributed by atoms with E-state index < -0.39 is 0 Å². The van der Waals surface area contributed by atoms with E-state index in [9.17, 15) is 0 Å². The topological polar surface area (TPSA) is 9.23 Å². The smallest absolute Gasteiger partial charge is 0.126 e. The summed E-state index contributed by atoms with van der Waals surface area (Å²) in [5.41, 5.74) is 4.91. The Balaban J connectivity index is 1.88. The molecule has 1 heterocycles. The highest BCUT2D eigenvalue weighted by atomic mass is 32.2. The highest BCUT2D eigenvalue weighted by Crippen LogP contribution is 2.45. The van der Waals surface area contributed by atoms with Gasteiger partial charge in [-0.1, -0.05) is 60.3 Å². The minimum Gasteiger partial charge on any atom is -0.496 e. The molecule has 4 rings (SSSR count). The van der Waals surface area contributed by atoms with Crippen LogP contribution >= 0.6 is 11.8 Å². The van der Waals surface area contributed by atoms with Crippen LogP contribution < -0.4 is 4.74 Å². The van der Waals surface area contributed by atoms with Gasteiger partial charge in [-0.25, -0.2) is 0 Å². The Bertz CT molecular complexity index is 839. The molecule has 2 heteroatoms. The average molecular weight is 303 g/mol. The van der Waals surface area contributed by atoms with Crippen LogP contribution in [0.1, 0.15) is 11.1 Å². The number of rotatable bonds is 2. The van der Waals surface area contributed by atoms with Crippen molar-refractivity contribution in [3.8, 4) is 16.9 Å². The number of fused-ring (bicyclic) bond motifs is 2. The minimum absolute atomic E-state index is 0.910. The Morgan fingerprint density at radius 3 is 2.36 bits per heavy atom. The van der Waals surface area contributed by atoms with Gasteiger partial charge in [0.15, 0.2) is 0 Å². The molecule has 1 nitrogen and oxygen atoms in total. The van der Waals surface area contributed by atoms with Crippen molar-refractivity contribution in [2.75, 3.05) is 7.11 Å². The summed E-state index contributed by atoms with van der Waals surface area (Å²) in [6.07, 6.45) is 2.28. The van der Waals surface area contributed by atoms with E-state index in [-0.39, 0.29) is 0 Å². The fourth-order valence-corrected chi connectivity index (χ4v) is 3.90. The molecule has 107 valence electrons. The number of benzene rings is 3. The van der Waals surface area contributed by atoms with Crippen molar-refractivity contribution < 1.29 is 4.74 Å². The Hall–Kier alpha value is -2.19. The highest BCUT2D eigenvalue weighted by molar-refractivity contribution is 7.99. The number of hydrogen-bond acceptors (Lipinski definition) is 2. The molecule has 1 aliphatic rings. The fourth-order valence-electron chi connectivity index (χ4n) is 2.85. The summed E-state index contributed by atoms with van der Waals surface area (Å²) in [7, 11) is 1.72. The van der Waals surface area contributed by atoms with Crippen LogP contribution in [0, 0.1) is 6.42 Å². The minimum atomic E-state index is 0.910. The lowest BCUT2D eigenvalue weighted by Gasteiger charge is -2.22. The van der Waals surface area contributed by atoms with E-state index in [0.29, 0.717) is 0 Å². The molecular weight excluding hydrogens is 288 g/mol. The summed E-state index contributed by atoms with van der Waals surface area (Å²) in [6.45, 7) is 0. The zero-order valence-electron chi connectivity index (χ0n) is 12.2. The molecule has 0 saturated carbocycles. The van der Waals surface area contributed by atoms with Crippen molar-refractivity contribution in [3.05, 3.63) is 84.3 Å². The second-order valence-corrected chi connectivity index (χ2v) is 6.29. The largest absolute Gasteiger partial charge is 0.496 e. The van der Waals surface area contributed by atoms with Gasteiger partial charge in [-0.2, -0.15) is 0 Å². The van der Waals surface area contributed by atoms with Gasteiger partial charge in [0, 0.05) is 21.8 Å². The van der Waals surface area contributed by atoms with E-state index in [0.717, 1.165) is 11.3 Å². The molecule has 0 amide bonds. The molecule has 0 spiro atoms. The van der Waals surface area contributed by atoms with E-state index in [1.54, 1.807) is 7.11 Å². The summed E-state index contributed by atoms with van der Waals surface area (Å²) in [5.74, 6) is 0.910. The average Bonchev–Trinajstić information content (AvgIpc) is 2.59. The van der Waals surface area contributed by atoms with Crippen LogP contribution in [0.3, 0.4) is 0 Å². The number of hydrogen-bond donors (Lipinski definition) is 0. The molecule has 22 heavy (non-hydrogen) atoms. The standard InChI is InChI=1S/C20H15OS/c1-21-18-10-4-3-8-16(18)15-9-6-12-20-17(15)13-14-7-2-5-11-19(14)22-20/h2-13H,1H3. The molecule has 3 aromatic carbocycles. The van der Waals surface area contributed by atoms with Gasteiger partial charge in [-0.05, 0) is 34.9 Å². The van der Waals surface area contributed by atoms with Gasteiger partial charge in [0.05, 0.1) is 7.11 Å². The highest BCUT2D eigenvalue weighted by Gasteiger charge is 2.20. The third-order valence-electron chi connectivity index (χ3n) is 3.90. The molecule has 1 radical (unpaired) electrons. The van der Waals surface area contributed by atoms with E-state index in [4.69, 9.17) is 4.74 Å². The molecule has 0 aliphatic carbocycles. The summed E-state index contributed by atoms with van der Waals surface area (Å²) >= 11 is 1.83. The van der Waals surface area contributed by atoms with Gasteiger partial charge in [-0.3, -0.25) is 0 Å². The van der Waals surface area contributed by atoms with Gasteiger partial charge >= 0.3 is 0 Å². The van der Waals surface area contributed by atoms with Crippen LogP contribution in [0.4, 0.5) is 0 Å². The van der Waals surface area contributed by atoms with Crippen LogP contribution in [0.5, 0.6) is 5.75 Å². The Morgan fingerprint density at radius 1 is 0.727 bits per heavy atom. The predicted molar refractivity (Wildman–Crippen MR) is 91.5 cm³/mol. The van der Waals surface area contributed by atoms with Crippen LogP contribution in [0.2, 0.25) is 0 Å². The van der Waals surface area contributed by atoms with Crippen molar-refractivity contribution in [2.24, 2.45) is 0 Å². The van der Waals surface area contributed by atoms with E-state index in [1.807, 2.05) is 23.9 Å². The monoisotopic (exact) mass is 303 g/mol. The number of ether oxygens (including phenoxy) is 1. The van der Waals surface area contributed by atoms with Crippen molar-refractivity contribution in [1.82, 2.24) is 0 Å². The Morgan fingerprint density at radius 2 is 1.45 bits per heavy atom. The van der Waals surface area contributed by atoms with E-state index >= 15 is 0 Å². The maximum absolute atomic E-state index is 5.54. The SMILES string of the molecule is COc1ccccc1-c1cccc2c1[CH]c1ccccc1S2. The van der Waals surface area contributed by atoms with Crippen LogP contribution in [0.25, 0.3) is 11.1 Å². The lowest BCUT2D eigenvalue weighted by Crippen LogP contribution is -2.00. The second-order valence-electron chi connectivity index (χ2n) is 5.20.